The molecule has 2 fully saturated rings. The molecule has 0 unspecified atom stereocenters. The molecule has 622 valence electrons. The second-order valence-electron chi connectivity index (χ2n) is 34.3. The van der Waals surface area contributed by atoms with Gasteiger partial charge < -0.3 is 66.6 Å². The SMILES string of the molecule is COCCOC(=O)C1(OCCOC)CCC(c2cc(N(COCC[Si](C)(C)C)COCC[Si](C)(C)C)n3ncc(-c4ccc(-c5ccn(C)n5)nc4)c3n2)CC1.COCCOC(=O)C1(OCCOC)CCC(c2nc3c(-c4ccc(-c5ccn(C)n5)nc4)cnn3c(N(COCC[Si](C)(C)C)COCC[Si](C)(C)C)c2Br)CC1. The van der Waals surface area contributed by atoms with Crippen molar-refractivity contribution in [1.82, 2.24) is 58.7 Å². The number of methoxy groups -OCH3 is 4. The summed E-state index contributed by atoms with van der Waals surface area (Å²) in [5.41, 5.74) is 7.74. The lowest BCUT2D eigenvalue weighted by Crippen LogP contribution is -2.46. The Balaban J connectivity index is 0.000000259. The zero-order valence-corrected chi connectivity index (χ0v) is 75.9. The monoisotopic (exact) mass is 1700 g/mol. The minimum Gasteiger partial charge on any atom is -0.461 e. The van der Waals surface area contributed by atoms with Crippen LogP contribution in [0, 0.1) is 0 Å². The van der Waals surface area contributed by atoms with E-state index in [1.54, 1.807) is 37.8 Å². The van der Waals surface area contributed by atoms with E-state index in [9.17, 15) is 9.59 Å². The van der Waals surface area contributed by atoms with Crippen LogP contribution < -0.4 is 9.80 Å². The van der Waals surface area contributed by atoms with Crippen molar-refractivity contribution in [2.45, 2.75) is 177 Å². The van der Waals surface area contributed by atoms with Gasteiger partial charge in [0.05, 0.1) is 73.6 Å². The van der Waals surface area contributed by atoms with Gasteiger partial charge >= 0.3 is 11.9 Å². The smallest absolute Gasteiger partial charge is 0.338 e. The molecular weight excluding hydrogens is 1570 g/mol. The largest absolute Gasteiger partial charge is 0.461 e. The highest BCUT2D eigenvalue weighted by atomic mass is 79.9. The normalized spacial score (nSPS) is 17.7. The summed E-state index contributed by atoms with van der Waals surface area (Å²) in [6, 6.07) is 18.3. The van der Waals surface area contributed by atoms with Crippen LogP contribution >= 0.6 is 15.9 Å². The highest BCUT2D eigenvalue weighted by molar-refractivity contribution is 9.10. The lowest BCUT2D eigenvalue weighted by Gasteiger charge is -2.38. The van der Waals surface area contributed by atoms with E-state index in [1.165, 1.54) is 0 Å². The number of anilines is 2. The molecule has 0 amide bonds. The van der Waals surface area contributed by atoms with Crippen molar-refractivity contribution < 1.29 is 66.4 Å². The standard InChI is InChI=1S/C40H62BrN7O7Si2.C40H63N7O7Si2/c1-46-17-14-34(45-46)33-11-10-31(26-42-33)32-27-43-48-37(32)44-36(30-12-15-40(16-13-30,55-21-19-51-3)39(49)54-20-18-50-2)35(41)38(48)47(28-52-22-24-56(4,5)6)29-53-23-25-57(7,8)9;1-45-17-14-35(44-45)34-11-10-32(27-41-34)33-28-42-47-37(46(29-51-22-24-55(4,5)6)30-52-23-25-56(7,8)9)26-36(43-38(33)47)31-12-15-40(16-13-31,54-21-19-50-3)39(48)53-20-18-49-2/h10-11,14,17,26-27,30H,12-13,15-16,18-25,28-29H2,1-9H3;10-11,14,17,26-28,31H,12-13,15-16,18-25,29-30H2,1-9H3. The van der Waals surface area contributed by atoms with Gasteiger partial charge in [0.1, 0.15) is 57.3 Å². The van der Waals surface area contributed by atoms with Gasteiger partial charge in [-0.05, 0) is 116 Å². The van der Waals surface area contributed by atoms with Gasteiger partial charge in [-0.3, -0.25) is 19.3 Å². The zero-order chi connectivity index (χ0) is 81.6. The van der Waals surface area contributed by atoms with Crippen LogP contribution in [0.2, 0.25) is 103 Å². The average Bonchev–Trinajstić information content (AvgIpc) is 1.68. The van der Waals surface area contributed by atoms with Crippen LogP contribution in [0.5, 0.6) is 0 Å². The molecule has 0 N–H and O–H groups in total. The summed E-state index contributed by atoms with van der Waals surface area (Å²) in [7, 11) is 4.95. The molecule has 28 nitrogen and oxygen atoms in total. The van der Waals surface area contributed by atoms with Crippen molar-refractivity contribution in [2.24, 2.45) is 14.1 Å². The molecule has 8 aromatic rings. The molecule has 2 aliphatic carbocycles. The van der Waals surface area contributed by atoms with E-state index in [2.05, 4.69) is 121 Å². The first-order valence-electron chi connectivity index (χ1n) is 39.6. The third-order valence-electron chi connectivity index (χ3n) is 20.3. The number of carbonyl (C=O) groups is 2. The Morgan fingerprint density at radius 1 is 0.469 bits per heavy atom. The Hall–Kier alpha value is -6.55. The highest BCUT2D eigenvalue weighted by Crippen LogP contribution is 2.46. The minimum absolute atomic E-state index is 0.00363. The maximum absolute atomic E-state index is 13.6. The van der Waals surface area contributed by atoms with Gasteiger partial charge in [-0.15, -0.1) is 0 Å². The van der Waals surface area contributed by atoms with Gasteiger partial charge in [-0.2, -0.15) is 29.4 Å². The van der Waals surface area contributed by atoms with Crippen molar-refractivity contribution in [3.05, 3.63) is 95.5 Å². The maximum Gasteiger partial charge on any atom is 0.338 e. The van der Waals surface area contributed by atoms with E-state index in [0.717, 1.165) is 96.7 Å². The molecule has 0 saturated heterocycles. The average molecular weight is 1700 g/mol. The number of nitrogens with zero attached hydrogens (tertiary/aromatic N) is 14. The van der Waals surface area contributed by atoms with Gasteiger partial charge in [-0.25, -0.2) is 19.6 Å². The highest BCUT2D eigenvalue weighted by Gasteiger charge is 2.47. The third-order valence-corrected chi connectivity index (χ3v) is 27.8. The number of fused-ring (bicyclic) bond motifs is 2. The van der Waals surface area contributed by atoms with Gasteiger partial charge in [-0.1, -0.05) is 90.7 Å². The molecule has 0 spiro atoms. The van der Waals surface area contributed by atoms with Crippen molar-refractivity contribution in [3.63, 3.8) is 0 Å². The molecule has 10 rings (SSSR count). The summed E-state index contributed by atoms with van der Waals surface area (Å²) in [4.78, 5) is 51.5. The topological polar surface area (TPSA) is 273 Å². The molecule has 33 heteroatoms. The van der Waals surface area contributed by atoms with E-state index in [1.807, 2.05) is 96.7 Å². The van der Waals surface area contributed by atoms with Crippen LogP contribution in [-0.2, 0) is 80.5 Å². The first-order chi connectivity index (χ1) is 53.9. The number of pyridine rings is 2. The quantitative estimate of drug-likeness (QED) is 0.0148. The summed E-state index contributed by atoms with van der Waals surface area (Å²) < 4.78 is 78.3. The van der Waals surface area contributed by atoms with Crippen molar-refractivity contribution in [1.29, 1.82) is 0 Å². The lowest BCUT2D eigenvalue weighted by molar-refractivity contribution is -0.181. The molecule has 2 saturated carbocycles. The molecule has 0 aromatic carbocycles. The summed E-state index contributed by atoms with van der Waals surface area (Å²) in [5.74, 6) is 0.970. The Morgan fingerprint density at radius 2 is 0.858 bits per heavy atom. The van der Waals surface area contributed by atoms with Crippen LogP contribution in [0.1, 0.15) is 74.6 Å². The Morgan fingerprint density at radius 3 is 1.24 bits per heavy atom. The predicted molar refractivity (Wildman–Crippen MR) is 455 cm³/mol. The molecular formula is C80H125BrN14O14Si4. The van der Waals surface area contributed by atoms with Crippen molar-refractivity contribution in [3.8, 4) is 45.0 Å². The predicted octanol–water partition coefficient (Wildman–Crippen LogP) is 14.5. The summed E-state index contributed by atoms with van der Waals surface area (Å²) in [6.07, 6.45) is 15.8. The summed E-state index contributed by atoms with van der Waals surface area (Å²) >= 11 is 4.04. The van der Waals surface area contributed by atoms with Crippen molar-refractivity contribution >= 4 is 83.1 Å². The zero-order valence-electron chi connectivity index (χ0n) is 70.3. The number of hydrogen-bond acceptors (Lipinski definition) is 24. The number of carbonyl (C=O) groups excluding carboxylic acids is 2. The number of aromatic nitrogens is 12. The number of aryl methyl sites for hydroxylation is 2. The maximum atomic E-state index is 13.6. The fourth-order valence-electron chi connectivity index (χ4n) is 13.3. The van der Waals surface area contributed by atoms with E-state index in [4.69, 9.17) is 87.0 Å². The first kappa shape index (κ1) is 90.4. The van der Waals surface area contributed by atoms with E-state index in [0.29, 0.717) is 149 Å². The molecule has 2 aliphatic rings. The van der Waals surface area contributed by atoms with Crippen molar-refractivity contribution in [2.75, 3.05) is 144 Å². The number of ether oxygens (including phenoxy) is 12. The van der Waals surface area contributed by atoms with Crippen LogP contribution in [0.4, 0.5) is 11.6 Å². The fourth-order valence-corrected chi connectivity index (χ4v) is 17.1. The molecule has 8 aromatic heterocycles. The van der Waals surface area contributed by atoms with E-state index < -0.39 is 43.5 Å². The van der Waals surface area contributed by atoms with E-state index >= 15 is 0 Å². The second-order valence-corrected chi connectivity index (χ2v) is 57.6. The molecule has 0 bridgehead atoms. The van der Waals surface area contributed by atoms with Crippen LogP contribution in [0.25, 0.3) is 56.3 Å². The molecule has 0 aliphatic heterocycles. The Bertz CT molecular complexity index is 4210. The van der Waals surface area contributed by atoms with Crippen LogP contribution in [0.3, 0.4) is 0 Å². The lowest BCUT2D eigenvalue weighted by atomic mass is 9.77. The van der Waals surface area contributed by atoms with Gasteiger partial charge in [0.25, 0.3) is 0 Å². The van der Waals surface area contributed by atoms with Gasteiger partial charge in [0.2, 0.25) is 0 Å². The second kappa shape index (κ2) is 42.0. The third kappa shape index (κ3) is 26.2. The minimum atomic E-state index is -1.32. The number of rotatable bonds is 44. The molecule has 8 heterocycles. The molecule has 113 heavy (non-hydrogen) atoms. The number of halogens is 1. The van der Waals surface area contributed by atoms with Crippen LogP contribution in [-0.4, -0.2) is 249 Å². The Labute approximate surface area is 680 Å². The fraction of sp³-hybridized carbons (Fsp3) is 0.625. The number of hydrogen-bond donors (Lipinski definition) is 0. The molecule has 0 atom stereocenters. The van der Waals surface area contributed by atoms with Gasteiger partial charge in [0, 0.05) is 172 Å². The summed E-state index contributed by atoms with van der Waals surface area (Å²) in [5, 5.41) is 18.9. The van der Waals surface area contributed by atoms with E-state index in [-0.39, 0.29) is 43.6 Å². The summed E-state index contributed by atoms with van der Waals surface area (Å²) in [6.45, 7) is 34.6. The number of esters is 2. The Kier molecular flexibility index (Phi) is 33.6. The van der Waals surface area contributed by atoms with Gasteiger partial charge in [0.15, 0.2) is 28.3 Å². The first-order valence-corrected chi connectivity index (χ1v) is 55.3. The molecule has 0 radical (unpaired) electrons. The van der Waals surface area contributed by atoms with Crippen LogP contribution in [0.15, 0.2) is 84.1 Å².